The number of esters is 1. The number of aromatic nitrogens is 4. The number of hydrogen-bond acceptors (Lipinski definition) is 15. The van der Waals surface area contributed by atoms with Crippen LogP contribution in [0.3, 0.4) is 0 Å². The van der Waals surface area contributed by atoms with Crippen LogP contribution < -0.4 is 15.8 Å². The minimum Gasteiger partial charge on any atom is -0.466 e. The average molecular weight is 947 g/mol. The van der Waals surface area contributed by atoms with Gasteiger partial charge in [-0.25, -0.2) is 14.7 Å². The fourth-order valence-corrected chi connectivity index (χ4v) is 8.10. The lowest BCUT2D eigenvalue weighted by Gasteiger charge is -2.27. The van der Waals surface area contributed by atoms with Crippen LogP contribution in [0.5, 0.6) is 11.6 Å². The van der Waals surface area contributed by atoms with Gasteiger partial charge in [-0.05, 0) is 134 Å². The molecule has 3 saturated carbocycles. The van der Waals surface area contributed by atoms with Crippen molar-refractivity contribution in [3.8, 4) is 11.6 Å². The van der Waals surface area contributed by atoms with Gasteiger partial charge in [0.2, 0.25) is 11.8 Å². The predicted molar refractivity (Wildman–Crippen MR) is 261 cm³/mol. The number of hydrazone groups is 1. The normalized spacial score (nSPS) is 19.8. The van der Waals surface area contributed by atoms with Crippen LogP contribution >= 0.6 is 0 Å². The molecule has 17 nitrogen and oxygen atoms in total. The first-order valence-electron chi connectivity index (χ1n) is 24.2. The van der Waals surface area contributed by atoms with E-state index in [1.807, 2.05) is 28.9 Å². The molecule has 10 rings (SSSR count). The molecule has 6 fully saturated rings. The number of pyridine rings is 2. The number of amides is 1. The lowest BCUT2D eigenvalue weighted by Crippen LogP contribution is -2.37. The number of rotatable bonds is 14. The maximum absolute atomic E-state index is 11.8. The standard InChI is InChI=1S/C24H29N5O3.C11H16N2O2.C8H12O3.C6H13NO.2CH4/c1-24(2,30)21-13-17(5-9-25-21)27-22-14-19(6-10-26-22)32-23-15-20(16-3-4-16)28-29(23)18-7-11-31-12-8-18;14-11-7-10(8-1-2-8)12-13(11)9-3-5-15-6-4-9;1-2-11-8(10)5-7(9)6-3-4-6;7-5-6-1-3-8-4-2-6;;/h5-6,9-10,13-16,18,30H,3-4,7-8,11-12H2,1-2H3,(H,25,26,27);8-9H,1-7H2;6H,2-5H2,1H3;6H,1-5,7H2;2*1H4. The van der Waals surface area contributed by atoms with E-state index in [4.69, 9.17) is 29.8 Å². The first-order valence-corrected chi connectivity index (χ1v) is 24.2. The Labute approximate surface area is 403 Å². The molecule has 0 spiro atoms. The van der Waals surface area contributed by atoms with Crippen molar-refractivity contribution in [2.75, 3.05) is 58.1 Å². The summed E-state index contributed by atoms with van der Waals surface area (Å²) in [7, 11) is 0. The number of carbonyl (C=O) groups is 3. The van der Waals surface area contributed by atoms with Gasteiger partial charge in [0, 0.05) is 81.7 Å². The lowest BCUT2D eigenvalue weighted by atomic mass is 10.0. The van der Waals surface area contributed by atoms with Gasteiger partial charge in [-0.15, -0.1) is 0 Å². The highest BCUT2D eigenvalue weighted by molar-refractivity contribution is 6.07. The Hall–Kier alpha value is -4.81. The summed E-state index contributed by atoms with van der Waals surface area (Å²) in [6, 6.07) is 10.0. The minimum atomic E-state index is -1.02. The first-order chi connectivity index (χ1) is 32.0. The van der Waals surface area contributed by atoms with Crippen molar-refractivity contribution in [1.29, 1.82) is 0 Å². The van der Waals surface area contributed by atoms with Crippen molar-refractivity contribution in [2.45, 2.75) is 149 Å². The second-order valence-electron chi connectivity index (χ2n) is 18.7. The maximum atomic E-state index is 11.8. The number of ether oxygens (including phenoxy) is 5. The van der Waals surface area contributed by atoms with E-state index in [1.54, 1.807) is 38.2 Å². The smallest absolute Gasteiger partial charge is 0.313 e. The summed E-state index contributed by atoms with van der Waals surface area (Å²) in [4.78, 5) is 42.2. The molecule has 0 aromatic carbocycles. The van der Waals surface area contributed by atoms with Gasteiger partial charge in [0.15, 0.2) is 0 Å². The number of nitrogens with zero attached hydrogens (tertiary/aromatic N) is 6. The Balaban J connectivity index is 0.000000198. The minimum absolute atomic E-state index is 0. The summed E-state index contributed by atoms with van der Waals surface area (Å²) in [6.45, 7) is 11.2. The fraction of sp³-hybridized carbons (Fsp3) is 0.667. The van der Waals surface area contributed by atoms with Gasteiger partial charge in [-0.3, -0.25) is 19.4 Å². The highest BCUT2D eigenvalue weighted by Gasteiger charge is 2.38. The third-order valence-electron chi connectivity index (χ3n) is 12.6. The van der Waals surface area contributed by atoms with E-state index in [0.717, 1.165) is 126 Å². The number of Topliss-reactive ketones (excluding diaryl/α,β-unsaturated/α-hetero) is 1. The summed E-state index contributed by atoms with van der Waals surface area (Å²) >= 11 is 0. The highest BCUT2D eigenvalue weighted by atomic mass is 16.5. The Kier molecular flexibility index (Phi) is 20.9. The molecule has 7 aliphatic rings. The van der Waals surface area contributed by atoms with Crippen LogP contribution in [0.1, 0.15) is 149 Å². The van der Waals surface area contributed by atoms with Crippen LogP contribution in [0.2, 0.25) is 0 Å². The second-order valence-corrected chi connectivity index (χ2v) is 18.7. The summed E-state index contributed by atoms with van der Waals surface area (Å²) in [5.41, 5.74) is 8.07. The molecule has 4 N–H and O–H groups in total. The summed E-state index contributed by atoms with van der Waals surface area (Å²) in [5.74, 6) is 4.05. The summed E-state index contributed by atoms with van der Waals surface area (Å²) in [6.07, 6.45) is 16.8. The molecular weight excluding hydrogens is 869 g/mol. The van der Waals surface area contributed by atoms with E-state index in [0.29, 0.717) is 54.2 Å². The zero-order chi connectivity index (χ0) is 46.5. The molecule has 0 radical (unpaired) electrons. The number of aliphatic hydroxyl groups is 1. The molecule has 376 valence electrons. The van der Waals surface area contributed by atoms with E-state index >= 15 is 0 Å². The Morgan fingerprint density at radius 2 is 1.44 bits per heavy atom. The zero-order valence-electron chi connectivity index (χ0n) is 39.0. The van der Waals surface area contributed by atoms with E-state index in [1.165, 1.54) is 25.7 Å². The molecule has 3 saturated heterocycles. The fourth-order valence-electron chi connectivity index (χ4n) is 8.10. The molecule has 3 aromatic rings. The molecule has 7 heterocycles. The number of carbonyl (C=O) groups excluding carboxylic acids is 3. The second kappa shape index (κ2) is 26.2. The van der Waals surface area contributed by atoms with E-state index in [9.17, 15) is 19.5 Å². The third-order valence-corrected chi connectivity index (χ3v) is 12.6. The van der Waals surface area contributed by atoms with Gasteiger partial charge >= 0.3 is 5.97 Å². The molecule has 68 heavy (non-hydrogen) atoms. The Morgan fingerprint density at radius 1 is 0.824 bits per heavy atom. The van der Waals surface area contributed by atoms with Crippen molar-refractivity contribution in [3.63, 3.8) is 0 Å². The quantitative estimate of drug-likeness (QED) is 0.102. The summed E-state index contributed by atoms with van der Waals surface area (Å²) in [5, 5.41) is 24.6. The van der Waals surface area contributed by atoms with Gasteiger partial charge in [0.1, 0.15) is 29.4 Å². The maximum Gasteiger partial charge on any atom is 0.313 e. The number of ketones is 1. The van der Waals surface area contributed by atoms with Gasteiger partial charge in [0.05, 0.1) is 42.2 Å². The highest BCUT2D eigenvalue weighted by Crippen LogP contribution is 2.42. The topological polar surface area (TPSA) is 215 Å². The van der Waals surface area contributed by atoms with E-state index < -0.39 is 5.60 Å². The Morgan fingerprint density at radius 3 is 2.01 bits per heavy atom. The lowest BCUT2D eigenvalue weighted by molar-refractivity contribution is -0.145. The van der Waals surface area contributed by atoms with Crippen molar-refractivity contribution < 1.29 is 43.2 Å². The van der Waals surface area contributed by atoms with Crippen LogP contribution in [-0.2, 0) is 38.9 Å². The van der Waals surface area contributed by atoms with Crippen molar-refractivity contribution in [3.05, 3.63) is 54.1 Å². The number of hydrogen-bond donors (Lipinski definition) is 3. The van der Waals surface area contributed by atoms with E-state index in [2.05, 4.69) is 31.2 Å². The largest absolute Gasteiger partial charge is 0.466 e. The van der Waals surface area contributed by atoms with Crippen molar-refractivity contribution in [1.82, 2.24) is 24.8 Å². The number of nitrogens with one attached hydrogen (secondary N) is 1. The number of anilines is 2. The SMILES string of the molecule is C.C.CC(C)(O)c1cc(Nc2cc(Oc3cc(C4CC4)nn3C3CCOCC3)ccn2)ccn1.CCOC(=O)CC(=O)C1CC1.NCC1CCOCC1.O=C1CC(C2CC2)=NN1C1CCOCC1. The van der Waals surface area contributed by atoms with Crippen LogP contribution in [0.15, 0.2) is 47.8 Å². The van der Waals surface area contributed by atoms with Crippen molar-refractivity contribution >= 4 is 34.9 Å². The van der Waals surface area contributed by atoms with Crippen LogP contribution in [-0.4, -0.2) is 112 Å². The van der Waals surface area contributed by atoms with Crippen molar-refractivity contribution in [2.24, 2.45) is 28.6 Å². The molecule has 4 aliphatic heterocycles. The predicted octanol–water partition coefficient (Wildman–Crippen LogP) is 8.39. The van der Waals surface area contributed by atoms with Crippen LogP contribution in [0.4, 0.5) is 11.5 Å². The van der Waals surface area contributed by atoms with Crippen LogP contribution in [0, 0.1) is 17.8 Å². The first kappa shape index (κ1) is 54.1. The number of nitrogens with two attached hydrogens (primary N) is 1. The molecule has 0 unspecified atom stereocenters. The molecule has 3 aliphatic carbocycles. The average Bonchev–Trinajstić information content (AvgIpc) is 4.22. The Bertz CT molecular complexity index is 2080. The molecule has 17 heteroatoms. The monoisotopic (exact) mass is 947 g/mol. The summed E-state index contributed by atoms with van der Waals surface area (Å²) < 4.78 is 28.9. The van der Waals surface area contributed by atoms with Gasteiger partial charge < -0.3 is 39.8 Å². The van der Waals surface area contributed by atoms with Gasteiger partial charge in [-0.1, -0.05) is 14.9 Å². The molecular formula is C51H78N8O9. The molecule has 0 atom stereocenters. The van der Waals surface area contributed by atoms with Gasteiger partial charge in [0.25, 0.3) is 0 Å². The third kappa shape index (κ3) is 16.7. The molecule has 1 amide bonds. The molecule has 3 aromatic heterocycles. The zero-order valence-corrected chi connectivity index (χ0v) is 39.0. The van der Waals surface area contributed by atoms with E-state index in [-0.39, 0.29) is 44.9 Å². The van der Waals surface area contributed by atoms with Crippen LogP contribution in [0.25, 0.3) is 0 Å². The van der Waals surface area contributed by atoms with Gasteiger partial charge in [-0.2, -0.15) is 10.2 Å². The molecule has 0 bridgehead atoms.